The van der Waals surface area contributed by atoms with E-state index < -0.39 is 5.76 Å². The fourth-order valence-electron chi connectivity index (χ4n) is 2.53. The first-order valence-electron chi connectivity index (χ1n) is 7.89. The first kappa shape index (κ1) is 18.2. The fourth-order valence-corrected chi connectivity index (χ4v) is 3.03. The van der Waals surface area contributed by atoms with Crippen molar-refractivity contribution in [3.05, 3.63) is 59.7 Å². The van der Waals surface area contributed by atoms with Gasteiger partial charge in [0.2, 0.25) is 0 Å². The molecular formula is C18H16F2N2O3S. The second kappa shape index (κ2) is 8.18. The van der Waals surface area contributed by atoms with Crippen molar-refractivity contribution in [1.82, 2.24) is 5.32 Å². The maximum absolute atomic E-state index is 12.3. The number of rotatable bonds is 6. The Labute approximate surface area is 153 Å². The number of hydrogen-bond donors (Lipinski definition) is 1. The van der Waals surface area contributed by atoms with Gasteiger partial charge in [-0.1, -0.05) is 23.9 Å². The highest BCUT2D eigenvalue weighted by molar-refractivity contribution is 7.99. The van der Waals surface area contributed by atoms with Crippen LogP contribution in [0.2, 0.25) is 0 Å². The number of amides is 2. The van der Waals surface area contributed by atoms with Crippen LogP contribution in [-0.2, 0) is 11.3 Å². The molecule has 1 aliphatic heterocycles. The highest BCUT2D eigenvalue weighted by Crippen LogP contribution is 2.25. The van der Waals surface area contributed by atoms with Crippen LogP contribution >= 0.6 is 11.8 Å². The Morgan fingerprint density at radius 1 is 1.23 bits per heavy atom. The molecule has 0 saturated carbocycles. The van der Waals surface area contributed by atoms with E-state index in [0.29, 0.717) is 41.1 Å². The lowest BCUT2D eigenvalue weighted by Crippen LogP contribution is -2.24. The van der Waals surface area contributed by atoms with Gasteiger partial charge in [-0.2, -0.15) is 8.78 Å². The van der Waals surface area contributed by atoms with E-state index in [0.717, 1.165) is 5.56 Å². The highest BCUT2D eigenvalue weighted by Gasteiger charge is 2.23. The molecule has 5 nitrogen and oxygen atoms in total. The third-order valence-electron chi connectivity index (χ3n) is 3.78. The van der Waals surface area contributed by atoms with Crippen LogP contribution in [0.1, 0.15) is 15.9 Å². The molecule has 0 bridgehead atoms. The lowest BCUT2D eigenvalue weighted by Gasteiger charge is -2.14. The minimum Gasteiger partial charge on any atom is -0.447 e. The summed E-state index contributed by atoms with van der Waals surface area (Å²) >= 11 is 0.435. The van der Waals surface area contributed by atoms with Crippen LogP contribution in [0, 0.1) is 0 Å². The largest absolute Gasteiger partial charge is 0.447 e. The van der Waals surface area contributed by atoms with Crippen LogP contribution in [-0.4, -0.2) is 30.9 Å². The van der Waals surface area contributed by atoms with E-state index >= 15 is 0 Å². The average molecular weight is 378 g/mol. The summed E-state index contributed by atoms with van der Waals surface area (Å²) in [7, 11) is 0. The van der Waals surface area contributed by atoms with E-state index in [1.54, 1.807) is 12.1 Å². The molecule has 1 aliphatic rings. The molecule has 26 heavy (non-hydrogen) atoms. The average Bonchev–Trinajstić information content (AvgIpc) is 3.06. The van der Waals surface area contributed by atoms with Crippen molar-refractivity contribution in [2.45, 2.75) is 17.2 Å². The number of ether oxygens (including phenoxy) is 1. The van der Waals surface area contributed by atoms with Gasteiger partial charge in [-0.05, 0) is 42.0 Å². The van der Waals surface area contributed by atoms with Crippen LogP contribution in [0.4, 0.5) is 19.3 Å². The van der Waals surface area contributed by atoms with E-state index in [1.165, 1.54) is 29.2 Å². The van der Waals surface area contributed by atoms with E-state index in [1.807, 2.05) is 12.1 Å². The van der Waals surface area contributed by atoms with Gasteiger partial charge in [-0.15, -0.1) is 0 Å². The molecule has 0 aliphatic carbocycles. The lowest BCUT2D eigenvalue weighted by molar-refractivity contribution is 0.0950. The molecule has 0 spiro atoms. The van der Waals surface area contributed by atoms with E-state index in [-0.39, 0.29) is 18.5 Å². The van der Waals surface area contributed by atoms with Gasteiger partial charge in [0.25, 0.3) is 11.7 Å². The number of anilines is 1. The molecule has 1 saturated heterocycles. The predicted molar refractivity (Wildman–Crippen MR) is 94.6 cm³/mol. The van der Waals surface area contributed by atoms with Gasteiger partial charge >= 0.3 is 6.09 Å². The maximum Gasteiger partial charge on any atom is 0.414 e. The van der Waals surface area contributed by atoms with Crippen LogP contribution < -0.4 is 10.2 Å². The second-order valence-corrected chi connectivity index (χ2v) is 6.58. The van der Waals surface area contributed by atoms with Crippen molar-refractivity contribution in [2.24, 2.45) is 0 Å². The zero-order valence-electron chi connectivity index (χ0n) is 13.7. The number of carbonyl (C=O) groups is 2. The van der Waals surface area contributed by atoms with Crippen LogP contribution in [0.15, 0.2) is 53.4 Å². The molecule has 2 aromatic carbocycles. The number of carbonyl (C=O) groups excluding carboxylic acids is 2. The quantitative estimate of drug-likeness (QED) is 0.775. The Morgan fingerprint density at radius 2 is 2.00 bits per heavy atom. The van der Waals surface area contributed by atoms with E-state index in [9.17, 15) is 18.4 Å². The van der Waals surface area contributed by atoms with E-state index in [2.05, 4.69) is 5.32 Å². The molecule has 0 atom stereocenters. The van der Waals surface area contributed by atoms with Crippen molar-refractivity contribution in [3.63, 3.8) is 0 Å². The highest BCUT2D eigenvalue weighted by atomic mass is 32.2. The third kappa shape index (κ3) is 4.51. The van der Waals surface area contributed by atoms with E-state index in [4.69, 9.17) is 4.74 Å². The second-order valence-electron chi connectivity index (χ2n) is 5.52. The molecule has 3 rings (SSSR count). The van der Waals surface area contributed by atoms with Gasteiger partial charge in [0.1, 0.15) is 6.61 Å². The first-order chi connectivity index (χ1) is 12.5. The summed E-state index contributed by atoms with van der Waals surface area (Å²) in [6, 6.07) is 13.3. The molecule has 136 valence electrons. The number of cyclic esters (lactones) is 1. The molecule has 1 heterocycles. The number of alkyl halides is 2. The van der Waals surface area contributed by atoms with Gasteiger partial charge < -0.3 is 10.1 Å². The number of hydrogen-bond acceptors (Lipinski definition) is 4. The zero-order chi connectivity index (χ0) is 18.5. The summed E-state index contributed by atoms with van der Waals surface area (Å²) in [6.07, 6.45) is -0.382. The van der Waals surface area contributed by atoms with Gasteiger partial charge in [0.05, 0.1) is 6.54 Å². The number of halogens is 2. The molecule has 2 amide bonds. The van der Waals surface area contributed by atoms with Crippen LogP contribution in [0.3, 0.4) is 0 Å². The summed E-state index contributed by atoms with van der Waals surface area (Å²) < 4.78 is 29.5. The fraction of sp³-hybridized carbons (Fsp3) is 0.222. The number of nitrogens with zero attached hydrogens (tertiary/aromatic N) is 1. The van der Waals surface area contributed by atoms with Gasteiger partial charge in [0, 0.05) is 22.7 Å². The Bertz CT molecular complexity index is 799. The van der Waals surface area contributed by atoms with Crippen molar-refractivity contribution < 1.29 is 23.1 Å². The number of benzene rings is 2. The Kier molecular flexibility index (Phi) is 5.72. The molecule has 8 heteroatoms. The van der Waals surface area contributed by atoms with Gasteiger partial charge in [0.15, 0.2) is 0 Å². The lowest BCUT2D eigenvalue weighted by atomic mass is 10.1. The van der Waals surface area contributed by atoms with Crippen molar-refractivity contribution in [1.29, 1.82) is 0 Å². The Hall–Kier alpha value is -2.61. The maximum atomic E-state index is 12.3. The third-order valence-corrected chi connectivity index (χ3v) is 4.50. The van der Waals surface area contributed by atoms with Gasteiger partial charge in [-0.3, -0.25) is 9.69 Å². The zero-order valence-corrected chi connectivity index (χ0v) is 14.5. The minimum absolute atomic E-state index is 0.281. The summed E-state index contributed by atoms with van der Waals surface area (Å²) in [5, 5.41) is 2.78. The smallest absolute Gasteiger partial charge is 0.414 e. The minimum atomic E-state index is -2.49. The van der Waals surface area contributed by atoms with Crippen molar-refractivity contribution >= 4 is 29.4 Å². The number of thioether (sulfide) groups is 1. The SMILES string of the molecule is O=C(NCc1cccc(N2CCOC2=O)c1)c1ccc(SC(F)F)cc1. The molecule has 1 N–H and O–H groups in total. The monoisotopic (exact) mass is 378 g/mol. The topological polar surface area (TPSA) is 58.6 Å². The molecule has 0 aromatic heterocycles. The molecule has 0 unspecified atom stereocenters. The van der Waals surface area contributed by atoms with Crippen LogP contribution in [0.5, 0.6) is 0 Å². The molecule has 1 fully saturated rings. The van der Waals surface area contributed by atoms with Gasteiger partial charge in [-0.25, -0.2) is 4.79 Å². The van der Waals surface area contributed by atoms with Crippen molar-refractivity contribution in [2.75, 3.05) is 18.1 Å². The standard InChI is InChI=1S/C18H16F2N2O3S/c19-17(20)26-15-6-4-13(5-7-15)16(23)21-11-12-2-1-3-14(10-12)22-8-9-25-18(22)24/h1-7,10,17H,8-9,11H2,(H,21,23). The Morgan fingerprint density at radius 3 is 2.65 bits per heavy atom. The molecule has 2 aromatic rings. The summed E-state index contributed by atoms with van der Waals surface area (Å²) in [5.74, 6) is -2.79. The number of nitrogens with one attached hydrogen (secondary N) is 1. The van der Waals surface area contributed by atoms with Crippen LogP contribution in [0.25, 0.3) is 0 Å². The molecule has 0 radical (unpaired) electrons. The normalized spacial score (nSPS) is 13.8. The summed E-state index contributed by atoms with van der Waals surface area (Å²) in [6.45, 7) is 1.14. The summed E-state index contributed by atoms with van der Waals surface area (Å²) in [4.78, 5) is 25.7. The first-order valence-corrected chi connectivity index (χ1v) is 8.77. The Balaban J connectivity index is 1.60. The van der Waals surface area contributed by atoms with Crippen molar-refractivity contribution in [3.8, 4) is 0 Å². The summed E-state index contributed by atoms with van der Waals surface area (Å²) in [5.41, 5.74) is 1.94. The predicted octanol–water partition coefficient (Wildman–Crippen LogP) is 3.89. The molecular weight excluding hydrogens is 362 g/mol.